The van der Waals surface area contributed by atoms with Gasteiger partial charge < -0.3 is 10.4 Å². The Morgan fingerprint density at radius 3 is 2.88 bits per heavy atom. The van der Waals surface area contributed by atoms with E-state index < -0.39 is 0 Å². The van der Waals surface area contributed by atoms with Crippen molar-refractivity contribution in [1.29, 1.82) is 0 Å². The van der Waals surface area contributed by atoms with Crippen molar-refractivity contribution in [1.82, 2.24) is 10.2 Å². The van der Waals surface area contributed by atoms with E-state index in [0.29, 0.717) is 27.3 Å². The minimum Gasteiger partial charge on any atom is -0.507 e. The largest absolute Gasteiger partial charge is 0.507 e. The number of carbonyl (C=O) groups excluding carboxylic acids is 1. The number of amides is 1. The van der Waals surface area contributed by atoms with E-state index >= 15 is 0 Å². The van der Waals surface area contributed by atoms with E-state index in [1.54, 1.807) is 42.1 Å². The topological polar surface area (TPSA) is 99.8 Å². The first-order valence-corrected chi connectivity index (χ1v) is 9.29. The number of phenols is 1. The standard InChI is InChI=1S/C16H15N5O2S2/c1-3-24-16-21-20-15(25-16)19-18-12-7-8-13(23)10-5-4-6-11(14(10)12)17-9(2)22/h4-8,23H,3H2,1-2H3,(H,17,22)/b19-18+. The summed E-state index contributed by atoms with van der Waals surface area (Å²) in [6, 6.07) is 8.47. The maximum atomic E-state index is 11.5. The quantitative estimate of drug-likeness (QED) is 0.490. The molecule has 0 aliphatic carbocycles. The molecule has 9 heteroatoms. The van der Waals surface area contributed by atoms with Crippen molar-refractivity contribution in [3.05, 3.63) is 30.3 Å². The highest BCUT2D eigenvalue weighted by Crippen LogP contribution is 2.38. The second kappa shape index (κ2) is 7.58. The van der Waals surface area contributed by atoms with Gasteiger partial charge in [-0.25, -0.2) is 0 Å². The summed E-state index contributed by atoms with van der Waals surface area (Å²) in [5.41, 5.74) is 1.09. The highest BCUT2D eigenvalue weighted by atomic mass is 32.2. The van der Waals surface area contributed by atoms with Gasteiger partial charge in [-0.2, -0.15) is 0 Å². The summed E-state index contributed by atoms with van der Waals surface area (Å²) in [6.45, 7) is 3.47. The van der Waals surface area contributed by atoms with Crippen LogP contribution >= 0.6 is 23.1 Å². The molecule has 2 aromatic carbocycles. The molecule has 7 nitrogen and oxygen atoms in total. The SMILES string of the molecule is CCSc1nnc(/N=N/c2ccc(O)c3cccc(NC(C)=O)c23)s1. The highest BCUT2D eigenvalue weighted by molar-refractivity contribution is 8.01. The monoisotopic (exact) mass is 373 g/mol. The van der Waals surface area contributed by atoms with Crippen LogP contribution in [0.5, 0.6) is 5.75 Å². The van der Waals surface area contributed by atoms with Crippen molar-refractivity contribution in [2.75, 3.05) is 11.1 Å². The molecule has 1 aromatic heterocycles. The smallest absolute Gasteiger partial charge is 0.252 e. The second-order valence-electron chi connectivity index (χ2n) is 5.00. The molecular weight excluding hydrogens is 358 g/mol. The Balaban J connectivity index is 2.04. The summed E-state index contributed by atoms with van der Waals surface area (Å²) in [7, 11) is 0. The number of azo groups is 1. The number of aromatic nitrogens is 2. The summed E-state index contributed by atoms with van der Waals surface area (Å²) < 4.78 is 0.839. The van der Waals surface area contributed by atoms with E-state index in [1.807, 2.05) is 6.92 Å². The molecule has 0 aliphatic rings. The lowest BCUT2D eigenvalue weighted by Crippen LogP contribution is -2.06. The number of benzene rings is 2. The van der Waals surface area contributed by atoms with E-state index in [0.717, 1.165) is 10.1 Å². The number of hydrogen-bond acceptors (Lipinski definition) is 8. The van der Waals surface area contributed by atoms with Crippen LogP contribution < -0.4 is 5.32 Å². The molecule has 0 saturated carbocycles. The van der Waals surface area contributed by atoms with Gasteiger partial charge in [0.2, 0.25) is 5.91 Å². The lowest BCUT2D eigenvalue weighted by molar-refractivity contribution is -0.114. The third kappa shape index (κ3) is 3.94. The van der Waals surface area contributed by atoms with Gasteiger partial charge in [-0.3, -0.25) is 4.79 Å². The van der Waals surface area contributed by atoms with E-state index in [4.69, 9.17) is 0 Å². The van der Waals surface area contributed by atoms with Crippen LogP contribution in [0.3, 0.4) is 0 Å². The Hall–Kier alpha value is -2.52. The van der Waals surface area contributed by atoms with Crippen LogP contribution in [-0.4, -0.2) is 27.0 Å². The molecule has 0 atom stereocenters. The van der Waals surface area contributed by atoms with E-state index in [2.05, 4.69) is 25.7 Å². The second-order valence-corrected chi connectivity index (χ2v) is 7.46. The van der Waals surface area contributed by atoms with Crippen molar-refractivity contribution in [3.8, 4) is 5.75 Å². The molecule has 2 N–H and O–H groups in total. The zero-order valence-electron chi connectivity index (χ0n) is 13.6. The minimum atomic E-state index is -0.205. The number of nitrogens with one attached hydrogen (secondary N) is 1. The number of carbonyl (C=O) groups is 1. The van der Waals surface area contributed by atoms with Crippen LogP contribution in [0.15, 0.2) is 44.9 Å². The lowest BCUT2D eigenvalue weighted by Gasteiger charge is -2.10. The number of phenolic OH excluding ortho intramolecular Hbond substituents is 1. The third-order valence-electron chi connectivity index (χ3n) is 3.21. The Morgan fingerprint density at radius 1 is 1.28 bits per heavy atom. The predicted molar refractivity (Wildman–Crippen MR) is 100 cm³/mol. The number of nitrogens with zero attached hydrogens (tertiary/aromatic N) is 4. The minimum absolute atomic E-state index is 0.110. The first kappa shape index (κ1) is 17.3. The fraction of sp³-hybridized carbons (Fsp3) is 0.188. The van der Waals surface area contributed by atoms with Gasteiger partial charge in [0.25, 0.3) is 5.13 Å². The van der Waals surface area contributed by atoms with E-state index in [1.165, 1.54) is 18.3 Å². The molecule has 3 rings (SSSR count). The van der Waals surface area contributed by atoms with E-state index in [-0.39, 0.29) is 11.7 Å². The van der Waals surface area contributed by atoms with Crippen molar-refractivity contribution >= 4 is 56.3 Å². The molecule has 128 valence electrons. The van der Waals surface area contributed by atoms with Gasteiger partial charge in [0, 0.05) is 17.7 Å². The van der Waals surface area contributed by atoms with Crippen LogP contribution in [0.25, 0.3) is 10.8 Å². The van der Waals surface area contributed by atoms with Gasteiger partial charge in [-0.15, -0.1) is 20.4 Å². The van der Waals surface area contributed by atoms with Crippen LogP contribution in [0.4, 0.5) is 16.5 Å². The third-order valence-corrected chi connectivity index (χ3v) is 5.04. The fourth-order valence-corrected chi connectivity index (χ4v) is 3.83. The van der Waals surface area contributed by atoms with Crippen molar-refractivity contribution in [3.63, 3.8) is 0 Å². The average Bonchev–Trinajstić information content (AvgIpc) is 3.02. The maximum absolute atomic E-state index is 11.5. The first-order chi connectivity index (χ1) is 12.1. The molecule has 0 radical (unpaired) electrons. The van der Waals surface area contributed by atoms with Crippen LogP contribution in [0.2, 0.25) is 0 Å². The first-order valence-electron chi connectivity index (χ1n) is 7.49. The normalized spacial score (nSPS) is 11.3. The molecule has 25 heavy (non-hydrogen) atoms. The summed E-state index contributed by atoms with van der Waals surface area (Å²) in [5.74, 6) is 0.817. The molecule has 1 heterocycles. The Bertz CT molecular complexity index is 955. The van der Waals surface area contributed by atoms with Crippen molar-refractivity contribution < 1.29 is 9.90 Å². The molecule has 1 amide bonds. The highest BCUT2D eigenvalue weighted by Gasteiger charge is 2.11. The Morgan fingerprint density at radius 2 is 2.12 bits per heavy atom. The zero-order valence-corrected chi connectivity index (χ0v) is 15.2. The maximum Gasteiger partial charge on any atom is 0.252 e. The molecule has 0 saturated heterocycles. The summed E-state index contributed by atoms with van der Waals surface area (Å²) in [6.07, 6.45) is 0. The number of thioether (sulfide) groups is 1. The van der Waals surface area contributed by atoms with Gasteiger partial charge in [0.05, 0.1) is 11.4 Å². The average molecular weight is 373 g/mol. The number of anilines is 1. The van der Waals surface area contributed by atoms with Crippen LogP contribution in [-0.2, 0) is 4.79 Å². The zero-order chi connectivity index (χ0) is 17.8. The Kier molecular flexibility index (Phi) is 5.25. The van der Waals surface area contributed by atoms with Gasteiger partial charge in [-0.05, 0) is 24.0 Å². The molecule has 0 spiro atoms. The summed E-state index contributed by atoms with van der Waals surface area (Å²) in [5, 5.41) is 30.9. The molecule has 0 unspecified atom stereocenters. The van der Waals surface area contributed by atoms with Crippen LogP contribution in [0.1, 0.15) is 13.8 Å². The molecule has 0 bridgehead atoms. The summed E-state index contributed by atoms with van der Waals surface area (Å²) >= 11 is 2.96. The van der Waals surface area contributed by atoms with Gasteiger partial charge in [0.1, 0.15) is 5.75 Å². The van der Waals surface area contributed by atoms with Gasteiger partial charge in [0.15, 0.2) is 4.34 Å². The number of fused-ring (bicyclic) bond motifs is 1. The predicted octanol–water partition coefficient (Wildman–Crippen LogP) is 4.88. The van der Waals surface area contributed by atoms with Crippen molar-refractivity contribution in [2.24, 2.45) is 10.2 Å². The molecular formula is C16H15N5O2S2. The number of aromatic hydroxyl groups is 1. The molecule has 0 fully saturated rings. The van der Waals surface area contributed by atoms with Gasteiger partial charge in [-0.1, -0.05) is 42.2 Å². The van der Waals surface area contributed by atoms with E-state index in [9.17, 15) is 9.90 Å². The molecule has 0 aliphatic heterocycles. The number of rotatable bonds is 5. The van der Waals surface area contributed by atoms with Gasteiger partial charge >= 0.3 is 0 Å². The lowest BCUT2D eigenvalue weighted by atomic mass is 10.1. The number of hydrogen-bond donors (Lipinski definition) is 2. The fourth-order valence-electron chi connectivity index (χ4n) is 2.27. The van der Waals surface area contributed by atoms with Crippen molar-refractivity contribution in [2.45, 2.75) is 18.2 Å². The molecule has 3 aromatic rings. The summed E-state index contributed by atoms with van der Waals surface area (Å²) in [4.78, 5) is 11.5. The van der Waals surface area contributed by atoms with Crippen LogP contribution in [0, 0.1) is 0 Å². The Labute approximate surface area is 152 Å².